The summed E-state index contributed by atoms with van der Waals surface area (Å²) in [5.74, 6) is 1.91. The van der Waals surface area contributed by atoms with Crippen molar-refractivity contribution in [3.63, 3.8) is 0 Å². The highest BCUT2D eigenvalue weighted by atomic mass is 19.4. The zero-order valence-corrected chi connectivity index (χ0v) is 22.3. The number of carbonyl (C=O) groups is 1. The Kier molecular flexibility index (Phi) is 6.31. The van der Waals surface area contributed by atoms with Crippen molar-refractivity contribution in [1.29, 1.82) is 0 Å². The van der Waals surface area contributed by atoms with Crippen LogP contribution in [-0.2, 0) is 26.2 Å². The molecule has 0 fully saturated rings. The van der Waals surface area contributed by atoms with Crippen LogP contribution in [0.15, 0.2) is 48.9 Å². The molecule has 0 saturated heterocycles. The second kappa shape index (κ2) is 9.72. The molecule has 40 heavy (non-hydrogen) atoms. The van der Waals surface area contributed by atoms with E-state index in [1.165, 1.54) is 17.9 Å². The Morgan fingerprint density at radius 3 is 2.67 bits per heavy atom. The smallest absolute Gasteiger partial charge is 0.435 e. The lowest BCUT2D eigenvalue weighted by Crippen LogP contribution is -2.42. The van der Waals surface area contributed by atoms with Crippen molar-refractivity contribution in [2.45, 2.75) is 38.5 Å². The molecular formula is C29H28F3N5O3. The second-order valence-electron chi connectivity index (χ2n) is 10.1. The van der Waals surface area contributed by atoms with E-state index in [4.69, 9.17) is 9.47 Å². The van der Waals surface area contributed by atoms with Gasteiger partial charge in [-0.05, 0) is 60.4 Å². The van der Waals surface area contributed by atoms with Gasteiger partial charge in [0.25, 0.3) is 5.91 Å². The number of aryl methyl sites for hydroxylation is 2. The van der Waals surface area contributed by atoms with Gasteiger partial charge in [-0.3, -0.25) is 9.48 Å². The molecule has 2 aromatic heterocycles. The first-order valence-electron chi connectivity index (χ1n) is 13.0. The summed E-state index contributed by atoms with van der Waals surface area (Å²) in [6.45, 7) is 3.03. The lowest BCUT2D eigenvalue weighted by molar-refractivity contribution is -0.140. The standard InChI is InChI=1S/C29H28F3N5O3/c1-17-33-8-10-36(17)15-18-12-21(24-16-35(2)34-27(24)29(30,31)32)20-6-9-37(28(38)22(20)13-18)25-7-11-40-26-5-4-19(39-3)14-23(25)26/h4-5,8,10,12-14,16,25H,6-7,9,11,15H2,1-3H3/t25-/m0/s1. The van der Waals surface area contributed by atoms with Gasteiger partial charge in [-0.25, -0.2) is 4.98 Å². The topological polar surface area (TPSA) is 74.4 Å². The van der Waals surface area contributed by atoms with Gasteiger partial charge in [0.2, 0.25) is 0 Å². The maximum absolute atomic E-state index is 14.2. The van der Waals surface area contributed by atoms with E-state index in [9.17, 15) is 18.0 Å². The highest BCUT2D eigenvalue weighted by Crippen LogP contribution is 2.43. The number of halogens is 3. The molecule has 0 radical (unpaired) electrons. The first-order valence-corrected chi connectivity index (χ1v) is 13.0. The normalized spacial score (nSPS) is 16.9. The molecule has 208 valence electrons. The van der Waals surface area contributed by atoms with Crippen LogP contribution in [0.5, 0.6) is 11.5 Å². The van der Waals surface area contributed by atoms with E-state index in [2.05, 4.69) is 10.1 Å². The number of nitrogens with zero attached hydrogens (tertiary/aromatic N) is 5. The van der Waals surface area contributed by atoms with Crippen LogP contribution >= 0.6 is 0 Å². The van der Waals surface area contributed by atoms with E-state index in [1.807, 2.05) is 40.7 Å². The van der Waals surface area contributed by atoms with E-state index in [-0.39, 0.29) is 17.5 Å². The van der Waals surface area contributed by atoms with Crippen molar-refractivity contribution in [2.24, 2.45) is 7.05 Å². The van der Waals surface area contributed by atoms with Crippen molar-refractivity contribution in [1.82, 2.24) is 24.2 Å². The van der Waals surface area contributed by atoms with E-state index >= 15 is 0 Å². The van der Waals surface area contributed by atoms with Crippen molar-refractivity contribution in [3.8, 4) is 22.6 Å². The molecular weight excluding hydrogens is 523 g/mol. The molecule has 0 bridgehead atoms. The van der Waals surface area contributed by atoms with Crippen LogP contribution in [-0.4, -0.2) is 50.4 Å². The minimum Gasteiger partial charge on any atom is -0.497 e. The number of hydrogen-bond acceptors (Lipinski definition) is 5. The van der Waals surface area contributed by atoms with Crippen molar-refractivity contribution < 1.29 is 27.4 Å². The fraction of sp³-hybridized carbons (Fsp3) is 0.345. The Morgan fingerprint density at radius 1 is 1.15 bits per heavy atom. The zero-order chi connectivity index (χ0) is 28.2. The summed E-state index contributed by atoms with van der Waals surface area (Å²) in [6, 6.07) is 8.86. The minimum atomic E-state index is -4.64. The average Bonchev–Trinajstić information content (AvgIpc) is 3.53. The van der Waals surface area contributed by atoms with Gasteiger partial charge in [0.1, 0.15) is 17.3 Å². The van der Waals surface area contributed by atoms with E-state index in [0.29, 0.717) is 66.3 Å². The van der Waals surface area contributed by atoms with Crippen LogP contribution in [0.25, 0.3) is 11.1 Å². The maximum atomic E-state index is 14.2. The third kappa shape index (κ3) is 4.48. The molecule has 11 heteroatoms. The summed E-state index contributed by atoms with van der Waals surface area (Å²) < 4.78 is 56.4. The van der Waals surface area contributed by atoms with Gasteiger partial charge in [0.15, 0.2) is 5.69 Å². The Bertz CT molecular complexity index is 1610. The van der Waals surface area contributed by atoms with Gasteiger partial charge in [0, 0.05) is 61.8 Å². The van der Waals surface area contributed by atoms with Crippen molar-refractivity contribution in [3.05, 3.63) is 82.7 Å². The predicted molar refractivity (Wildman–Crippen MR) is 140 cm³/mol. The number of amides is 1. The van der Waals surface area contributed by atoms with Crippen molar-refractivity contribution in [2.75, 3.05) is 20.3 Å². The maximum Gasteiger partial charge on any atom is 0.435 e. The number of hydrogen-bond donors (Lipinski definition) is 0. The molecule has 2 aliphatic heterocycles. The Labute approximate surface area is 228 Å². The molecule has 4 aromatic rings. The van der Waals surface area contributed by atoms with Crippen LogP contribution in [0.4, 0.5) is 13.2 Å². The van der Waals surface area contributed by atoms with Crippen molar-refractivity contribution >= 4 is 5.91 Å². The van der Waals surface area contributed by atoms with Gasteiger partial charge in [-0.15, -0.1) is 0 Å². The summed E-state index contributed by atoms with van der Waals surface area (Å²) in [4.78, 5) is 20.2. The molecule has 0 N–H and O–H groups in total. The summed E-state index contributed by atoms with van der Waals surface area (Å²) in [5.41, 5.74) is 1.96. The molecule has 4 heterocycles. The number of imidazole rings is 1. The number of fused-ring (bicyclic) bond motifs is 2. The quantitative estimate of drug-likeness (QED) is 0.341. The molecule has 0 aliphatic carbocycles. The Morgan fingerprint density at radius 2 is 1.95 bits per heavy atom. The predicted octanol–water partition coefficient (Wildman–Crippen LogP) is 5.19. The van der Waals surface area contributed by atoms with Gasteiger partial charge in [0.05, 0.1) is 19.8 Å². The van der Waals surface area contributed by atoms with E-state index < -0.39 is 11.9 Å². The fourth-order valence-electron chi connectivity index (χ4n) is 5.78. The molecule has 6 rings (SSSR count). The van der Waals surface area contributed by atoms with Gasteiger partial charge in [-0.2, -0.15) is 18.3 Å². The first-order chi connectivity index (χ1) is 19.1. The third-order valence-electron chi connectivity index (χ3n) is 7.67. The molecule has 1 amide bonds. The molecule has 0 saturated carbocycles. The van der Waals surface area contributed by atoms with Gasteiger partial charge >= 0.3 is 6.18 Å². The lowest BCUT2D eigenvalue weighted by Gasteiger charge is -2.39. The van der Waals surface area contributed by atoms with Crippen LogP contribution in [0.1, 0.15) is 51.0 Å². The lowest BCUT2D eigenvalue weighted by atomic mass is 9.86. The molecule has 0 spiro atoms. The van der Waals surface area contributed by atoms with Crippen LogP contribution in [0.3, 0.4) is 0 Å². The van der Waals surface area contributed by atoms with E-state index in [0.717, 1.165) is 11.4 Å². The summed E-state index contributed by atoms with van der Waals surface area (Å²) in [6.07, 6.45) is 1.21. The number of carbonyl (C=O) groups excluding carboxylic acids is 1. The average molecular weight is 552 g/mol. The van der Waals surface area contributed by atoms with Crippen LogP contribution in [0.2, 0.25) is 0 Å². The van der Waals surface area contributed by atoms with E-state index in [1.54, 1.807) is 25.6 Å². The summed E-state index contributed by atoms with van der Waals surface area (Å²) in [5, 5.41) is 3.73. The fourth-order valence-corrected chi connectivity index (χ4v) is 5.78. The molecule has 2 aliphatic rings. The SMILES string of the molecule is COc1ccc2c(c1)[C@@H](N1CCc3c(cc(Cn4ccnc4C)cc3-c3cn(C)nc3C(F)(F)F)C1=O)CCO2. The van der Waals surface area contributed by atoms with Crippen LogP contribution < -0.4 is 9.47 Å². The Balaban J connectivity index is 1.47. The summed E-state index contributed by atoms with van der Waals surface area (Å²) in [7, 11) is 3.05. The number of rotatable bonds is 5. The van der Waals surface area contributed by atoms with Gasteiger partial charge in [-0.1, -0.05) is 0 Å². The second-order valence-corrected chi connectivity index (χ2v) is 10.1. The largest absolute Gasteiger partial charge is 0.497 e. The monoisotopic (exact) mass is 551 g/mol. The number of benzene rings is 2. The highest BCUT2D eigenvalue weighted by molar-refractivity contribution is 5.99. The molecule has 1 atom stereocenters. The molecule has 2 aromatic carbocycles. The Hall–Kier alpha value is -4.28. The zero-order valence-electron chi connectivity index (χ0n) is 22.3. The number of methoxy groups -OCH3 is 1. The first kappa shape index (κ1) is 26.0. The number of alkyl halides is 3. The molecule has 0 unspecified atom stereocenters. The van der Waals surface area contributed by atoms with Crippen LogP contribution in [0, 0.1) is 6.92 Å². The highest BCUT2D eigenvalue weighted by Gasteiger charge is 2.40. The number of ether oxygens (including phenoxy) is 2. The number of aromatic nitrogens is 4. The van der Waals surface area contributed by atoms with Gasteiger partial charge < -0.3 is 18.9 Å². The summed E-state index contributed by atoms with van der Waals surface area (Å²) >= 11 is 0. The third-order valence-corrected chi connectivity index (χ3v) is 7.67. The molecule has 8 nitrogen and oxygen atoms in total. The minimum absolute atomic E-state index is 0.0298.